The van der Waals surface area contributed by atoms with Gasteiger partial charge in [-0.15, -0.1) is 12.4 Å². The van der Waals surface area contributed by atoms with Gasteiger partial charge in [0.25, 0.3) is 0 Å². The molecular formula is C15H22ClN3O4S. The Morgan fingerprint density at radius 1 is 1.29 bits per heavy atom. The lowest BCUT2D eigenvalue weighted by molar-refractivity contribution is -0.120. The van der Waals surface area contributed by atoms with E-state index >= 15 is 0 Å². The van der Waals surface area contributed by atoms with Crippen molar-refractivity contribution in [1.82, 2.24) is 15.4 Å². The number of hydrogen-bond acceptors (Lipinski definition) is 5. The highest BCUT2D eigenvalue weighted by Gasteiger charge is 2.21. The van der Waals surface area contributed by atoms with E-state index < -0.39 is 10.0 Å². The molecule has 0 unspecified atom stereocenters. The van der Waals surface area contributed by atoms with Gasteiger partial charge in [0.2, 0.25) is 15.9 Å². The predicted molar refractivity (Wildman–Crippen MR) is 91.4 cm³/mol. The Morgan fingerprint density at radius 2 is 2.08 bits per heavy atom. The van der Waals surface area contributed by atoms with Crippen LogP contribution in [0.5, 0.6) is 0 Å². The smallest absolute Gasteiger partial charge is 0.241 e. The zero-order chi connectivity index (χ0) is 16.3. The van der Waals surface area contributed by atoms with Gasteiger partial charge in [0.15, 0.2) is 0 Å². The highest BCUT2D eigenvalue weighted by molar-refractivity contribution is 7.89. The molecule has 0 aromatic heterocycles. The monoisotopic (exact) mass is 375 g/mol. The standard InChI is InChI=1S/C15H21N3O4S.ClH/c19-15(18-13-2-1-5-16-7-13)8-17-23(20,21)14-4-3-11-9-22-10-12(11)6-14;/h3-4,6,13,16-17H,1-2,5,7-10H2,(H,18,19);1H/t13-;/m0./s1. The van der Waals surface area contributed by atoms with Crippen molar-refractivity contribution in [2.45, 2.75) is 37.0 Å². The SMILES string of the molecule is Cl.O=C(CNS(=O)(=O)c1ccc2c(c1)COC2)N[C@H]1CCCNC1. The average molecular weight is 376 g/mol. The number of fused-ring (bicyclic) bond motifs is 1. The summed E-state index contributed by atoms with van der Waals surface area (Å²) in [5.74, 6) is -0.313. The van der Waals surface area contributed by atoms with E-state index in [2.05, 4.69) is 15.4 Å². The first-order valence-corrected chi connectivity index (χ1v) is 9.22. The maximum absolute atomic E-state index is 12.3. The maximum atomic E-state index is 12.3. The quantitative estimate of drug-likeness (QED) is 0.687. The molecule has 1 aromatic carbocycles. The highest BCUT2D eigenvalue weighted by Crippen LogP contribution is 2.22. The molecule has 1 amide bonds. The second-order valence-electron chi connectivity index (χ2n) is 5.86. The zero-order valence-corrected chi connectivity index (χ0v) is 14.8. The van der Waals surface area contributed by atoms with Crippen LogP contribution in [0.3, 0.4) is 0 Å². The molecule has 7 nitrogen and oxygen atoms in total. The number of sulfonamides is 1. The Balaban J connectivity index is 0.00000208. The first-order valence-electron chi connectivity index (χ1n) is 7.74. The third kappa shape index (κ3) is 4.67. The fourth-order valence-corrected chi connectivity index (χ4v) is 3.85. The second kappa shape index (κ2) is 8.26. The normalized spacial score (nSPS) is 20.1. The van der Waals surface area contributed by atoms with Crippen LogP contribution in [0.4, 0.5) is 0 Å². The Labute approximate surface area is 148 Å². The van der Waals surface area contributed by atoms with Crippen LogP contribution in [0.25, 0.3) is 0 Å². The molecule has 0 saturated carbocycles. The van der Waals surface area contributed by atoms with Crippen molar-refractivity contribution in [2.75, 3.05) is 19.6 Å². The van der Waals surface area contributed by atoms with E-state index in [4.69, 9.17) is 4.74 Å². The summed E-state index contributed by atoms with van der Waals surface area (Å²) in [5, 5.41) is 6.03. The van der Waals surface area contributed by atoms with Crippen LogP contribution >= 0.6 is 12.4 Å². The summed E-state index contributed by atoms with van der Waals surface area (Å²) in [4.78, 5) is 12.1. The van der Waals surface area contributed by atoms with E-state index in [1.165, 1.54) is 0 Å². The first kappa shape index (κ1) is 19.1. The number of benzene rings is 1. The van der Waals surface area contributed by atoms with E-state index in [1.807, 2.05) is 0 Å². The summed E-state index contributed by atoms with van der Waals surface area (Å²) in [6, 6.07) is 4.97. The molecule has 134 valence electrons. The number of rotatable bonds is 5. The van der Waals surface area contributed by atoms with Crippen LogP contribution in [-0.4, -0.2) is 40.0 Å². The number of ether oxygens (including phenoxy) is 1. The highest BCUT2D eigenvalue weighted by atomic mass is 35.5. The number of nitrogens with one attached hydrogen (secondary N) is 3. The fraction of sp³-hybridized carbons (Fsp3) is 0.533. The Kier molecular flexibility index (Phi) is 6.59. The molecule has 1 atom stereocenters. The van der Waals surface area contributed by atoms with Crippen LogP contribution in [0.1, 0.15) is 24.0 Å². The van der Waals surface area contributed by atoms with E-state index in [0.717, 1.165) is 37.1 Å². The summed E-state index contributed by atoms with van der Waals surface area (Å²) in [5.41, 5.74) is 1.89. The molecular weight excluding hydrogens is 354 g/mol. The van der Waals surface area contributed by atoms with Gasteiger partial charge in [-0.25, -0.2) is 13.1 Å². The van der Waals surface area contributed by atoms with Gasteiger partial charge in [0, 0.05) is 12.6 Å². The van der Waals surface area contributed by atoms with Crippen LogP contribution in [0.15, 0.2) is 23.1 Å². The Hall–Kier alpha value is -1.19. The summed E-state index contributed by atoms with van der Waals surface area (Å²) in [6.45, 7) is 2.37. The maximum Gasteiger partial charge on any atom is 0.241 e. The third-order valence-electron chi connectivity index (χ3n) is 4.09. The van der Waals surface area contributed by atoms with Crippen molar-refractivity contribution in [3.8, 4) is 0 Å². The minimum absolute atomic E-state index is 0. The van der Waals surface area contributed by atoms with Crippen molar-refractivity contribution in [3.63, 3.8) is 0 Å². The molecule has 3 rings (SSSR count). The van der Waals surface area contributed by atoms with Gasteiger partial charge in [0.05, 0.1) is 24.7 Å². The summed E-state index contributed by atoms with van der Waals surface area (Å²) >= 11 is 0. The van der Waals surface area contributed by atoms with Crippen molar-refractivity contribution in [3.05, 3.63) is 29.3 Å². The molecule has 0 bridgehead atoms. The third-order valence-corrected chi connectivity index (χ3v) is 5.49. The molecule has 0 radical (unpaired) electrons. The first-order chi connectivity index (χ1) is 11.0. The molecule has 0 spiro atoms. The largest absolute Gasteiger partial charge is 0.372 e. The molecule has 9 heteroatoms. The second-order valence-corrected chi connectivity index (χ2v) is 7.63. The Bertz CT molecular complexity index is 690. The molecule has 2 heterocycles. The Morgan fingerprint density at radius 3 is 2.83 bits per heavy atom. The average Bonchev–Trinajstić information content (AvgIpc) is 3.02. The van der Waals surface area contributed by atoms with Crippen molar-refractivity contribution in [2.24, 2.45) is 0 Å². The zero-order valence-electron chi connectivity index (χ0n) is 13.2. The molecule has 1 aromatic rings. The number of hydrogen-bond donors (Lipinski definition) is 3. The van der Waals surface area contributed by atoms with E-state index in [0.29, 0.717) is 13.2 Å². The van der Waals surface area contributed by atoms with Crippen LogP contribution in [0, 0.1) is 0 Å². The topological polar surface area (TPSA) is 96.5 Å². The lowest BCUT2D eigenvalue weighted by atomic mass is 10.1. The minimum atomic E-state index is -3.70. The van der Waals surface area contributed by atoms with Crippen LogP contribution < -0.4 is 15.4 Å². The minimum Gasteiger partial charge on any atom is -0.372 e. The van der Waals surface area contributed by atoms with Gasteiger partial charge >= 0.3 is 0 Å². The summed E-state index contributed by atoms with van der Waals surface area (Å²) < 4.78 is 32.2. The van der Waals surface area contributed by atoms with Crippen molar-refractivity contribution in [1.29, 1.82) is 0 Å². The number of carbonyl (C=O) groups is 1. The van der Waals surface area contributed by atoms with Gasteiger partial charge < -0.3 is 15.4 Å². The van der Waals surface area contributed by atoms with E-state index in [9.17, 15) is 13.2 Å². The predicted octanol–water partition coefficient (Wildman–Crippen LogP) is 0.285. The van der Waals surface area contributed by atoms with Crippen LogP contribution in [-0.2, 0) is 32.8 Å². The molecule has 2 aliphatic heterocycles. The van der Waals surface area contributed by atoms with Gasteiger partial charge in [-0.05, 0) is 42.6 Å². The molecule has 24 heavy (non-hydrogen) atoms. The molecule has 3 N–H and O–H groups in total. The number of amides is 1. The van der Waals surface area contributed by atoms with E-state index in [1.54, 1.807) is 18.2 Å². The van der Waals surface area contributed by atoms with Gasteiger partial charge in [-0.3, -0.25) is 4.79 Å². The van der Waals surface area contributed by atoms with Gasteiger partial charge in [0.1, 0.15) is 0 Å². The fourth-order valence-electron chi connectivity index (χ4n) is 2.81. The number of piperidine rings is 1. The van der Waals surface area contributed by atoms with Gasteiger partial charge in [-0.1, -0.05) is 6.07 Å². The van der Waals surface area contributed by atoms with Crippen LogP contribution in [0.2, 0.25) is 0 Å². The number of halogens is 1. The number of carbonyl (C=O) groups excluding carboxylic acids is 1. The summed E-state index contributed by atoms with van der Waals surface area (Å²) in [6.07, 6.45) is 1.92. The summed E-state index contributed by atoms with van der Waals surface area (Å²) in [7, 11) is -3.70. The molecule has 1 fully saturated rings. The van der Waals surface area contributed by atoms with Gasteiger partial charge in [-0.2, -0.15) is 0 Å². The van der Waals surface area contributed by atoms with Crippen molar-refractivity contribution < 1.29 is 17.9 Å². The lowest BCUT2D eigenvalue weighted by Crippen LogP contribution is -2.48. The lowest BCUT2D eigenvalue weighted by Gasteiger charge is -2.23. The molecule has 0 aliphatic carbocycles. The molecule has 1 saturated heterocycles. The molecule has 2 aliphatic rings. The van der Waals surface area contributed by atoms with Crippen molar-refractivity contribution >= 4 is 28.3 Å². The van der Waals surface area contributed by atoms with E-state index in [-0.39, 0.29) is 35.8 Å².